The molecular formula is C17H31ClN6O2. The van der Waals surface area contributed by atoms with E-state index in [2.05, 4.69) is 20.9 Å². The normalized spacial score (nSPS) is 14.6. The molecule has 0 radical (unpaired) electrons. The van der Waals surface area contributed by atoms with Gasteiger partial charge in [0.1, 0.15) is 0 Å². The molecule has 0 spiro atoms. The van der Waals surface area contributed by atoms with E-state index in [1.54, 1.807) is 4.90 Å². The van der Waals surface area contributed by atoms with E-state index in [1.165, 1.54) is 0 Å². The number of nitrogens with zero attached hydrogens (tertiary/aromatic N) is 4. The average molecular weight is 387 g/mol. The molecule has 1 fully saturated rings. The van der Waals surface area contributed by atoms with Gasteiger partial charge < -0.3 is 15.5 Å². The van der Waals surface area contributed by atoms with Crippen LogP contribution in [0.5, 0.6) is 0 Å². The molecule has 1 aliphatic rings. The highest BCUT2D eigenvalue weighted by Gasteiger charge is 2.26. The van der Waals surface area contributed by atoms with Crippen LogP contribution in [0.15, 0.2) is 0 Å². The van der Waals surface area contributed by atoms with Crippen LogP contribution in [0.4, 0.5) is 0 Å². The van der Waals surface area contributed by atoms with Crippen molar-refractivity contribution in [3.63, 3.8) is 0 Å². The first-order chi connectivity index (χ1) is 12.1. The van der Waals surface area contributed by atoms with Gasteiger partial charge in [-0.2, -0.15) is 0 Å². The smallest absolute Gasteiger partial charge is 0.276 e. The average Bonchev–Trinajstić information content (AvgIpc) is 3.01. The predicted molar refractivity (Wildman–Crippen MR) is 103 cm³/mol. The van der Waals surface area contributed by atoms with Gasteiger partial charge in [-0.3, -0.25) is 9.59 Å². The molecule has 0 aliphatic carbocycles. The molecule has 0 aromatic carbocycles. The van der Waals surface area contributed by atoms with Crippen LogP contribution in [0.2, 0.25) is 0 Å². The molecule has 2 rings (SSSR count). The second kappa shape index (κ2) is 11.1. The molecule has 0 unspecified atom stereocenters. The molecule has 9 heteroatoms. The number of hydrogen-bond donors (Lipinski definition) is 2. The zero-order valence-corrected chi connectivity index (χ0v) is 16.8. The predicted octanol–water partition coefficient (Wildman–Crippen LogP) is 1.31. The first kappa shape index (κ1) is 22.4. The SMILES string of the molecule is CCCNC(=O)CN(CCC)C(=O)c1nnn(C2CCNCC2)c1C.Cl. The van der Waals surface area contributed by atoms with Gasteiger partial charge in [0.25, 0.3) is 5.91 Å². The van der Waals surface area contributed by atoms with Crippen molar-refractivity contribution < 1.29 is 9.59 Å². The number of aromatic nitrogens is 3. The minimum Gasteiger partial charge on any atom is -0.355 e. The third-order valence-electron chi connectivity index (χ3n) is 4.47. The summed E-state index contributed by atoms with van der Waals surface area (Å²) in [5, 5.41) is 14.5. The Morgan fingerprint density at radius 3 is 2.58 bits per heavy atom. The Morgan fingerprint density at radius 1 is 1.27 bits per heavy atom. The second-order valence-corrected chi connectivity index (χ2v) is 6.53. The minimum atomic E-state index is -0.216. The molecule has 1 aromatic rings. The van der Waals surface area contributed by atoms with E-state index < -0.39 is 0 Å². The quantitative estimate of drug-likeness (QED) is 0.702. The highest BCUT2D eigenvalue weighted by molar-refractivity contribution is 5.95. The van der Waals surface area contributed by atoms with Crippen LogP contribution in [0.1, 0.15) is 61.8 Å². The van der Waals surface area contributed by atoms with Crippen LogP contribution in [-0.4, -0.2) is 64.4 Å². The van der Waals surface area contributed by atoms with Crippen LogP contribution in [0, 0.1) is 6.92 Å². The molecule has 2 amide bonds. The topological polar surface area (TPSA) is 92.2 Å². The van der Waals surface area contributed by atoms with Crippen molar-refractivity contribution in [1.82, 2.24) is 30.5 Å². The summed E-state index contributed by atoms with van der Waals surface area (Å²) in [5.74, 6) is -0.349. The van der Waals surface area contributed by atoms with Gasteiger partial charge in [0.15, 0.2) is 5.69 Å². The van der Waals surface area contributed by atoms with Gasteiger partial charge in [0.2, 0.25) is 5.91 Å². The van der Waals surface area contributed by atoms with Gasteiger partial charge in [0.05, 0.1) is 18.3 Å². The van der Waals surface area contributed by atoms with Crippen LogP contribution in [-0.2, 0) is 4.79 Å². The molecule has 8 nitrogen and oxygen atoms in total. The number of piperidine rings is 1. The first-order valence-corrected chi connectivity index (χ1v) is 9.26. The Kier molecular flexibility index (Phi) is 9.58. The Bertz CT molecular complexity index is 586. The number of rotatable bonds is 8. The lowest BCUT2D eigenvalue weighted by molar-refractivity contribution is -0.121. The minimum absolute atomic E-state index is 0. The fourth-order valence-corrected chi connectivity index (χ4v) is 3.10. The molecule has 0 bridgehead atoms. The molecule has 1 aromatic heterocycles. The first-order valence-electron chi connectivity index (χ1n) is 9.26. The summed E-state index contributed by atoms with van der Waals surface area (Å²) < 4.78 is 1.87. The van der Waals surface area contributed by atoms with Crippen molar-refractivity contribution in [1.29, 1.82) is 0 Å². The zero-order chi connectivity index (χ0) is 18.2. The Labute approximate surface area is 161 Å². The van der Waals surface area contributed by atoms with Crippen LogP contribution in [0.25, 0.3) is 0 Å². The fourth-order valence-electron chi connectivity index (χ4n) is 3.10. The maximum absolute atomic E-state index is 12.9. The van der Waals surface area contributed by atoms with Crippen LogP contribution >= 0.6 is 12.4 Å². The van der Waals surface area contributed by atoms with Crippen molar-refractivity contribution in [3.8, 4) is 0 Å². The fraction of sp³-hybridized carbons (Fsp3) is 0.765. The summed E-state index contributed by atoms with van der Waals surface area (Å²) >= 11 is 0. The van der Waals surface area contributed by atoms with Gasteiger partial charge >= 0.3 is 0 Å². The van der Waals surface area contributed by atoms with E-state index in [-0.39, 0.29) is 36.8 Å². The highest BCUT2D eigenvalue weighted by atomic mass is 35.5. The second-order valence-electron chi connectivity index (χ2n) is 6.53. The number of nitrogens with one attached hydrogen (secondary N) is 2. The lowest BCUT2D eigenvalue weighted by Gasteiger charge is -2.24. The van der Waals surface area contributed by atoms with Crippen molar-refractivity contribution in [3.05, 3.63) is 11.4 Å². The molecule has 2 heterocycles. The lowest BCUT2D eigenvalue weighted by Crippen LogP contribution is -2.41. The van der Waals surface area contributed by atoms with E-state index in [1.807, 2.05) is 25.5 Å². The van der Waals surface area contributed by atoms with E-state index in [0.29, 0.717) is 18.8 Å². The van der Waals surface area contributed by atoms with E-state index in [0.717, 1.165) is 44.5 Å². The van der Waals surface area contributed by atoms with E-state index in [9.17, 15) is 9.59 Å². The Morgan fingerprint density at radius 2 is 1.96 bits per heavy atom. The molecule has 2 N–H and O–H groups in total. The molecule has 1 saturated heterocycles. The molecule has 26 heavy (non-hydrogen) atoms. The molecule has 0 atom stereocenters. The number of carbonyl (C=O) groups is 2. The monoisotopic (exact) mass is 386 g/mol. The number of halogens is 1. The summed E-state index contributed by atoms with van der Waals surface area (Å²) in [6.07, 6.45) is 3.62. The molecule has 1 aliphatic heterocycles. The number of carbonyl (C=O) groups excluding carboxylic acids is 2. The van der Waals surface area contributed by atoms with Crippen molar-refractivity contribution in [2.75, 3.05) is 32.7 Å². The van der Waals surface area contributed by atoms with Gasteiger partial charge in [-0.15, -0.1) is 17.5 Å². The summed E-state index contributed by atoms with van der Waals surface area (Å²) in [5.41, 5.74) is 1.14. The molecular weight excluding hydrogens is 356 g/mol. The van der Waals surface area contributed by atoms with Crippen molar-refractivity contribution in [2.45, 2.75) is 52.5 Å². The van der Waals surface area contributed by atoms with E-state index in [4.69, 9.17) is 0 Å². The maximum Gasteiger partial charge on any atom is 0.276 e. The van der Waals surface area contributed by atoms with Gasteiger partial charge in [-0.1, -0.05) is 19.1 Å². The largest absolute Gasteiger partial charge is 0.355 e. The van der Waals surface area contributed by atoms with Crippen LogP contribution < -0.4 is 10.6 Å². The summed E-state index contributed by atoms with van der Waals surface area (Å²) in [6.45, 7) is 8.99. The number of hydrogen-bond acceptors (Lipinski definition) is 5. The lowest BCUT2D eigenvalue weighted by atomic mass is 10.1. The molecule has 148 valence electrons. The van der Waals surface area contributed by atoms with E-state index >= 15 is 0 Å². The third-order valence-corrected chi connectivity index (χ3v) is 4.47. The van der Waals surface area contributed by atoms with Gasteiger partial charge in [-0.25, -0.2) is 4.68 Å². The summed E-state index contributed by atoms with van der Waals surface area (Å²) in [4.78, 5) is 26.5. The standard InChI is InChI=1S/C17H30N6O2.ClH/c1-4-8-19-15(24)12-22(11-5-2)17(25)16-13(3)23(21-20-16)14-6-9-18-10-7-14;/h14,18H,4-12H2,1-3H3,(H,19,24);1H. The summed E-state index contributed by atoms with van der Waals surface area (Å²) in [6, 6.07) is 0.280. The van der Waals surface area contributed by atoms with Gasteiger partial charge in [0, 0.05) is 13.1 Å². The third kappa shape index (κ3) is 5.67. The highest BCUT2D eigenvalue weighted by Crippen LogP contribution is 2.21. The Balaban J connectivity index is 0.00000338. The van der Waals surface area contributed by atoms with Crippen molar-refractivity contribution >= 4 is 24.2 Å². The zero-order valence-electron chi connectivity index (χ0n) is 16.0. The Hall–Kier alpha value is -1.67. The van der Waals surface area contributed by atoms with Gasteiger partial charge in [-0.05, 0) is 45.7 Å². The summed E-state index contributed by atoms with van der Waals surface area (Å²) in [7, 11) is 0. The molecule has 0 saturated carbocycles. The number of amides is 2. The van der Waals surface area contributed by atoms with Crippen molar-refractivity contribution in [2.24, 2.45) is 0 Å². The van der Waals surface area contributed by atoms with Crippen LogP contribution in [0.3, 0.4) is 0 Å². The maximum atomic E-state index is 12.9.